The fourth-order valence-corrected chi connectivity index (χ4v) is 12.2. The predicted octanol–water partition coefficient (Wildman–Crippen LogP) is 24.2. The van der Waals surface area contributed by atoms with Gasteiger partial charge in [-0.25, -0.2) is 9.13 Å². The number of phosphoric acid groups is 2. The monoisotopic (exact) mass is 1530 g/mol. The van der Waals surface area contributed by atoms with Gasteiger partial charge in [0.15, 0.2) is 12.2 Å². The Kier molecular flexibility index (Phi) is 74.3. The molecule has 0 aliphatic carbocycles. The van der Waals surface area contributed by atoms with Crippen LogP contribution in [-0.2, 0) is 65.4 Å². The summed E-state index contributed by atoms with van der Waals surface area (Å²) < 4.78 is 68.6. The van der Waals surface area contributed by atoms with Gasteiger partial charge >= 0.3 is 39.5 Å². The largest absolute Gasteiger partial charge is 0.472 e. The molecule has 0 radical (unpaired) electrons. The number of ether oxygens (including phenoxy) is 4. The Balaban J connectivity index is 5.43. The lowest BCUT2D eigenvalue weighted by molar-refractivity contribution is -0.161. The second kappa shape index (κ2) is 78.1. The molecule has 0 spiro atoms. The molecule has 606 valence electrons. The van der Waals surface area contributed by atoms with Crippen LogP contribution in [0, 0.1) is 0 Å². The molecule has 5 unspecified atom stereocenters. The van der Waals surface area contributed by atoms with Crippen LogP contribution < -0.4 is 0 Å². The minimum atomic E-state index is -5.00. The molecule has 19 heteroatoms. The Hall–Kier alpha value is -5.06. The average molecular weight is 1530 g/mol. The Morgan fingerprint density at radius 2 is 0.491 bits per heavy atom. The van der Waals surface area contributed by atoms with E-state index in [1.807, 2.05) is 0 Å². The van der Waals surface area contributed by atoms with E-state index in [1.54, 1.807) is 0 Å². The van der Waals surface area contributed by atoms with Gasteiger partial charge in [0.25, 0.3) is 0 Å². The normalized spacial score (nSPS) is 14.6. The lowest BCUT2D eigenvalue weighted by atomic mass is 10.0. The fraction of sp³-hybridized carbons (Fsp3) is 0.678. The number of allylic oxidation sites excluding steroid dienone is 24. The number of phosphoric ester groups is 2. The van der Waals surface area contributed by atoms with Crippen molar-refractivity contribution in [2.24, 2.45) is 0 Å². The van der Waals surface area contributed by atoms with Gasteiger partial charge in [0.2, 0.25) is 0 Å². The maximum atomic E-state index is 13.1. The van der Waals surface area contributed by atoms with E-state index in [4.69, 9.17) is 37.0 Å². The summed E-state index contributed by atoms with van der Waals surface area (Å²) in [7, 11) is -9.99. The summed E-state index contributed by atoms with van der Waals surface area (Å²) in [5.41, 5.74) is 0. The molecule has 0 aliphatic heterocycles. The van der Waals surface area contributed by atoms with Crippen molar-refractivity contribution in [2.75, 3.05) is 39.6 Å². The molecule has 0 heterocycles. The zero-order valence-electron chi connectivity index (χ0n) is 66.3. The van der Waals surface area contributed by atoms with Crippen molar-refractivity contribution in [1.29, 1.82) is 0 Å². The molecule has 3 N–H and O–H groups in total. The Bertz CT molecular complexity index is 2580. The van der Waals surface area contributed by atoms with Crippen LogP contribution in [0.25, 0.3) is 0 Å². The van der Waals surface area contributed by atoms with E-state index in [2.05, 4.69) is 174 Å². The summed E-state index contributed by atoms with van der Waals surface area (Å²) in [5.74, 6) is -2.26. The standard InChI is InChI=1S/C87H146O17P2/c1-5-9-13-17-21-25-29-33-37-39-40-42-46-48-52-56-60-64-68-72-85(90)98-78-83(104-87(92)74-70-66-62-58-54-50-44-36-32-28-24-20-16-12-8-4)80-102-106(95,96)100-76-81(88)75-99-105(93,94)101-79-82(103-86(91)73-69-65-61-57-53-49-43-35-31-27-23-19-15-11-7-3)77-97-84(89)71-67-63-59-55-51-47-45-41-38-34-30-26-22-18-14-10-6-2/h9-10,12-14,16,21-22,24-26,28,33-34,36-38,40,42,44,48,52,54,58,81-83,88H,5-8,11,15,17-20,23,27,29-32,35,39,41,43,45-47,49-51,53,55-57,59-80H2,1-4H3,(H,93,94)(H,95,96)/b13-9-,14-10-,16-12-,25-21-,26-22-,28-24-,37-33-,38-34-,42-40-,44-36-,52-48-,58-54-. The second-order valence-electron chi connectivity index (χ2n) is 26.9. The molecule has 0 aliphatic rings. The molecule has 0 aromatic heterocycles. The van der Waals surface area contributed by atoms with Crippen LogP contribution in [-0.4, -0.2) is 96.7 Å². The SMILES string of the molecule is CC/C=C\C/C=C\C/C=C\C/C=C\C/C=C\CCCCCC(=O)OCC(COP(=O)(O)OCC(O)COP(=O)(O)OCC(COC(=O)CCCCCCCCC/C=C\C/C=C\C/C=C\CC)OC(=O)CCCCCCCCCCCCCCCCC)OC(=O)CCCC/C=C\C/C=C\C/C=C\C/C=C\CC. The minimum Gasteiger partial charge on any atom is -0.462 e. The first-order chi connectivity index (χ1) is 51.7. The predicted molar refractivity (Wildman–Crippen MR) is 436 cm³/mol. The number of carbonyl (C=O) groups excluding carboxylic acids is 4. The molecule has 0 amide bonds. The van der Waals surface area contributed by atoms with Crippen molar-refractivity contribution in [1.82, 2.24) is 0 Å². The smallest absolute Gasteiger partial charge is 0.462 e. The van der Waals surface area contributed by atoms with E-state index >= 15 is 0 Å². The van der Waals surface area contributed by atoms with Crippen molar-refractivity contribution >= 4 is 39.5 Å². The van der Waals surface area contributed by atoms with E-state index in [0.29, 0.717) is 32.1 Å². The Labute approximate surface area is 643 Å². The van der Waals surface area contributed by atoms with Crippen LogP contribution in [0.2, 0.25) is 0 Å². The van der Waals surface area contributed by atoms with E-state index in [1.165, 1.54) is 64.2 Å². The molecule has 0 saturated carbocycles. The zero-order valence-corrected chi connectivity index (χ0v) is 68.1. The highest BCUT2D eigenvalue weighted by Gasteiger charge is 2.30. The second-order valence-corrected chi connectivity index (χ2v) is 29.8. The van der Waals surface area contributed by atoms with Gasteiger partial charge in [-0.1, -0.05) is 302 Å². The maximum absolute atomic E-state index is 13.1. The third kappa shape index (κ3) is 77.1. The first-order valence-corrected chi connectivity index (χ1v) is 44.1. The maximum Gasteiger partial charge on any atom is 0.472 e. The number of esters is 4. The molecule has 17 nitrogen and oxygen atoms in total. The summed E-state index contributed by atoms with van der Waals surface area (Å²) in [5, 5.41) is 10.7. The number of hydrogen-bond acceptors (Lipinski definition) is 15. The first-order valence-electron chi connectivity index (χ1n) is 41.1. The number of aliphatic hydroxyl groups is 1. The van der Waals surface area contributed by atoms with E-state index in [9.17, 15) is 43.2 Å². The van der Waals surface area contributed by atoms with Gasteiger partial charge in [-0.05, 0) is 141 Å². The summed E-state index contributed by atoms with van der Waals surface area (Å²) >= 11 is 0. The van der Waals surface area contributed by atoms with Crippen molar-refractivity contribution in [3.63, 3.8) is 0 Å². The zero-order chi connectivity index (χ0) is 77.4. The molecule has 0 aromatic rings. The van der Waals surface area contributed by atoms with Gasteiger partial charge in [-0.2, -0.15) is 0 Å². The van der Waals surface area contributed by atoms with Crippen molar-refractivity contribution in [3.05, 3.63) is 146 Å². The van der Waals surface area contributed by atoms with Gasteiger partial charge in [-0.3, -0.25) is 37.3 Å². The van der Waals surface area contributed by atoms with Gasteiger partial charge < -0.3 is 33.8 Å². The number of hydrogen-bond donors (Lipinski definition) is 3. The summed E-state index contributed by atoms with van der Waals surface area (Å²) in [6.45, 7) is 4.47. The van der Waals surface area contributed by atoms with Crippen molar-refractivity contribution < 1.29 is 80.2 Å². The number of aliphatic hydroxyl groups excluding tert-OH is 1. The molecular formula is C87H146O17P2. The highest BCUT2D eigenvalue weighted by atomic mass is 31.2. The highest BCUT2D eigenvalue weighted by molar-refractivity contribution is 7.47. The van der Waals surface area contributed by atoms with Crippen LogP contribution in [0.1, 0.15) is 323 Å². The average Bonchev–Trinajstić information content (AvgIpc) is 0.909. The molecular weight excluding hydrogens is 1380 g/mol. The minimum absolute atomic E-state index is 0.0311. The molecule has 5 atom stereocenters. The van der Waals surface area contributed by atoms with Gasteiger partial charge in [0.05, 0.1) is 26.4 Å². The summed E-state index contributed by atoms with van der Waals surface area (Å²) in [4.78, 5) is 73.1. The quantitative estimate of drug-likeness (QED) is 0.0169. The van der Waals surface area contributed by atoms with E-state index < -0.39 is 97.5 Å². The van der Waals surface area contributed by atoms with Crippen molar-refractivity contribution in [2.45, 2.75) is 341 Å². The van der Waals surface area contributed by atoms with Crippen LogP contribution in [0.5, 0.6) is 0 Å². The Morgan fingerprint density at radius 1 is 0.274 bits per heavy atom. The molecule has 0 rings (SSSR count). The molecule has 0 bridgehead atoms. The van der Waals surface area contributed by atoms with Crippen LogP contribution in [0.4, 0.5) is 0 Å². The van der Waals surface area contributed by atoms with Gasteiger partial charge in [0.1, 0.15) is 19.3 Å². The summed E-state index contributed by atoms with van der Waals surface area (Å²) in [6.07, 6.45) is 89.6. The van der Waals surface area contributed by atoms with Gasteiger partial charge in [-0.15, -0.1) is 0 Å². The van der Waals surface area contributed by atoms with Crippen LogP contribution >= 0.6 is 15.6 Å². The highest BCUT2D eigenvalue weighted by Crippen LogP contribution is 2.45. The third-order valence-corrected chi connectivity index (χ3v) is 18.7. The van der Waals surface area contributed by atoms with Gasteiger partial charge in [0, 0.05) is 25.7 Å². The first kappa shape index (κ1) is 101. The molecule has 0 saturated heterocycles. The summed E-state index contributed by atoms with van der Waals surface area (Å²) in [6, 6.07) is 0. The van der Waals surface area contributed by atoms with Crippen molar-refractivity contribution in [3.8, 4) is 0 Å². The fourth-order valence-electron chi connectivity index (χ4n) is 10.7. The topological polar surface area (TPSA) is 237 Å². The third-order valence-electron chi connectivity index (χ3n) is 16.8. The molecule has 106 heavy (non-hydrogen) atoms. The molecule has 0 aromatic carbocycles. The van der Waals surface area contributed by atoms with Crippen LogP contribution in [0.3, 0.4) is 0 Å². The molecule has 0 fully saturated rings. The Morgan fingerprint density at radius 3 is 0.783 bits per heavy atom. The van der Waals surface area contributed by atoms with E-state index in [-0.39, 0.29) is 25.7 Å². The lowest BCUT2D eigenvalue weighted by Crippen LogP contribution is -2.30. The number of unbranched alkanes of at least 4 members (excludes halogenated alkanes) is 26. The van der Waals surface area contributed by atoms with E-state index in [0.717, 1.165) is 173 Å². The lowest BCUT2D eigenvalue weighted by Gasteiger charge is -2.21. The number of carbonyl (C=O) groups is 4. The van der Waals surface area contributed by atoms with Crippen LogP contribution in [0.15, 0.2) is 146 Å². The number of rotatable bonds is 76.